The van der Waals surface area contributed by atoms with Gasteiger partial charge in [-0.15, -0.1) is 0 Å². The van der Waals surface area contributed by atoms with Crippen LogP contribution in [0.4, 0.5) is 0 Å². The Morgan fingerprint density at radius 2 is 1.62 bits per heavy atom. The van der Waals surface area contributed by atoms with Crippen LogP contribution < -0.4 is 10.1 Å². The zero-order valence-electron chi connectivity index (χ0n) is 17.6. The zero-order chi connectivity index (χ0) is 21.1. The maximum absolute atomic E-state index is 13.0. The van der Waals surface area contributed by atoms with E-state index in [9.17, 15) is 9.59 Å². The Hall–Kier alpha value is -2.82. The highest BCUT2D eigenvalue weighted by molar-refractivity contribution is 5.87. The molecule has 0 heterocycles. The molecule has 2 aromatic carbocycles. The summed E-state index contributed by atoms with van der Waals surface area (Å²) in [4.78, 5) is 27.2. The number of amides is 2. The van der Waals surface area contributed by atoms with Crippen molar-refractivity contribution in [3.63, 3.8) is 0 Å². The Kier molecular flexibility index (Phi) is 9.22. The summed E-state index contributed by atoms with van der Waals surface area (Å²) >= 11 is 0. The van der Waals surface area contributed by atoms with E-state index in [0.29, 0.717) is 26.0 Å². The van der Waals surface area contributed by atoms with Crippen molar-refractivity contribution in [2.45, 2.75) is 58.7 Å². The summed E-state index contributed by atoms with van der Waals surface area (Å²) < 4.78 is 5.68. The van der Waals surface area contributed by atoms with Crippen molar-refractivity contribution in [2.75, 3.05) is 6.61 Å². The molecule has 0 saturated heterocycles. The van der Waals surface area contributed by atoms with Gasteiger partial charge in [-0.25, -0.2) is 0 Å². The minimum Gasteiger partial charge on any atom is -0.494 e. The number of hydrogen-bond donors (Lipinski definition) is 1. The highest BCUT2D eigenvalue weighted by Crippen LogP contribution is 2.13. The van der Waals surface area contributed by atoms with E-state index in [4.69, 9.17) is 4.74 Å². The van der Waals surface area contributed by atoms with Crippen molar-refractivity contribution in [3.05, 3.63) is 66.2 Å². The molecule has 0 aromatic heterocycles. The van der Waals surface area contributed by atoms with Gasteiger partial charge in [0.05, 0.1) is 6.61 Å². The van der Waals surface area contributed by atoms with Crippen LogP contribution in [0.3, 0.4) is 0 Å². The van der Waals surface area contributed by atoms with Gasteiger partial charge < -0.3 is 15.0 Å². The van der Waals surface area contributed by atoms with Crippen molar-refractivity contribution in [2.24, 2.45) is 0 Å². The lowest BCUT2D eigenvalue weighted by atomic mass is 10.1. The van der Waals surface area contributed by atoms with Crippen molar-refractivity contribution < 1.29 is 14.3 Å². The molecule has 0 spiro atoms. The lowest BCUT2D eigenvalue weighted by Crippen LogP contribution is -2.49. The van der Waals surface area contributed by atoms with Crippen LogP contribution in [0.2, 0.25) is 0 Å². The molecule has 2 rings (SSSR count). The Morgan fingerprint density at radius 3 is 2.24 bits per heavy atom. The number of ether oxygens (including phenoxy) is 1. The van der Waals surface area contributed by atoms with Crippen LogP contribution in [0.5, 0.6) is 5.75 Å². The number of nitrogens with zero attached hydrogens (tertiary/aromatic N) is 1. The molecule has 0 radical (unpaired) electrons. The number of nitrogens with one attached hydrogen (secondary N) is 1. The molecule has 0 unspecified atom stereocenters. The molecule has 0 aliphatic heterocycles. The van der Waals surface area contributed by atoms with Crippen LogP contribution in [0.15, 0.2) is 60.7 Å². The average Bonchev–Trinajstić information content (AvgIpc) is 2.75. The first-order chi connectivity index (χ1) is 14.0. The number of para-hydroxylation sites is 1. The highest BCUT2D eigenvalue weighted by atomic mass is 16.5. The molecule has 29 heavy (non-hydrogen) atoms. The van der Waals surface area contributed by atoms with Gasteiger partial charge >= 0.3 is 0 Å². The molecule has 2 amide bonds. The Bertz CT molecular complexity index is 749. The molecular weight excluding hydrogens is 364 g/mol. The number of hydrogen-bond acceptors (Lipinski definition) is 3. The van der Waals surface area contributed by atoms with E-state index in [1.165, 1.54) is 0 Å². The van der Waals surface area contributed by atoms with Crippen molar-refractivity contribution in [1.82, 2.24) is 10.2 Å². The van der Waals surface area contributed by atoms with Gasteiger partial charge in [-0.1, -0.05) is 55.5 Å². The third-order valence-electron chi connectivity index (χ3n) is 4.91. The van der Waals surface area contributed by atoms with Crippen LogP contribution in [-0.2, 0) is 16.1 Å². The zero-order valence-corrected chi connectivity index (χ0v) is 17.6. The Morgan fingerprint density at radius 1 is 1.00 bits per heavy atom. The summed E-state index contributed by atoms with van der Waals surface area (Å²) in [5.74, 6) is 0.629. The van der Waals surface area contributed by atoms with E-state index in [2.05, 4.69) is 5.32 Å². The minimum atomic E-state index is -0.535. The summed E-state index contributed by atoms with van der Waals surface area (Å²) in [6.45, 7) is 6.65. The number of carbonyl (C=O) groups excluding carboxylic acids is 2. The van der Waals surface area contributed by atoms with Crippen LogP contribution in [0.1, 0.15) is 45.6 Å². The highest BCUT2D eigenvalue weighted by Gasteiger charge is 2.26. The lowest BCUT2D eigenvalue weighted by molar-refractivity contribution is -0.141. The van der Waals surface area contributed by atoms with E-state index in [1.54, 1.807) is 11.8 Å². The number of carbonyl (C=O) groups is 2. The van der Waals surface area contributed by atoms with Gasteiger partial charge in [0.1, 0.15) is 11.8 Å². The first-order valence-corrected chi connectivity index (χ1v) is 10.3. The molecule has 5 heteroatoms. The summed E-state index contributed by atoms with van der Waals surface area (Å²) in [7, 11) is 0. The van der Waals surface area contributed by atoms with Gasteiger partial charge in [-0.3, -0.25) is 9.59 Å². The van der Waals surface area contributed by atoms with Gasteiger partial charge in [0.25, 0.3) is 0 Å². The van der Waals surface area contributed by atoms with Crippen LogP contribution in [0, 0.1) is 0 Å². The summed E-state index contributed by atoms with van der Waals surface area (Å²) in [6.07, 6.45) is 1.78. The first-order valence-electron chi connectivity index (χ1n) is 10.3. The maximum atomic E-state index is 13.0. The van der Waals surface area contributed by atoms with Crippen LogP contribution >= 0.6 is 0 Å². The van der Waals surface area contributed by atoms with E-state index >= 15 is 0 Å². The van der Waals surface area contributed by atoms with Gasteiger partial charge in [0.2, 0.25) is 11.8 Å². The Labute approximate surface area is 174 Å². The summed E-state index contributed by atoms with van der Waals surface area (Å²) in [5, 5.41) is 2.98. The SMILES string of the molecule is CC[C@H](C)NC(=O)[C@@H](C)N(Cc1ccccc1)C(=O)CCCOc1ccccc1. The molecule has 0 aliphatic carbocycles. The third kappa shape index (κ3) is 7.60. The second kappa shape index (κ2) is 11.9. The maximum Gasteiger partial charge on any atom is 0.242 e. The van der Waals surface area contributed by atoms with Crippen molar-refractivity contribution in [1.29, 1.82) is 0 Å². The summed E-state index contributed by atoms with van der Waals surface area (Å²) in [5.41, 5.74) is 1.00. The molecule has 1 N–H and O–H groups in total. The molecule has 2 atom stereocenters. The van der Waals surface area contributed by atoms with Gasteiger partial charge in [-0.05, 0) is 44.4 Å². The topological polar surface area (TPSA) is 58.6 Å². The van der Waals surface area contributed by atoms with Crippen LogP contribution in [0.25, 0.3) is 0 Å². The minimum absolute atomic E-state index is 0.0442. The standard InChI is InChI=1S/C24H32N2O3/c1-4-19(2)25-24(28)20(3)26(18-21-12-7-5-8-13-21)23(27)16-11-17-29-22-14-9-6-10-15-22/h5-10,12-15,19-20H,4,11,16-18H2,1-3H3,(H,25,28)/t19-,20+/m0/s1. The number of benzene rings is 2. The first kappa shape index (κ1) is 22.5. The average molecular weight is 397 g/mol. The third-order valence-corrected chi connectivity index (χ3v) is 4.91. The van der Waals surface area contributed by atoms with E-state index in [0.717, 1.165) is 17.7 Å². The Balaban J connectivity index is 1.97. The smallest absolute Gasteiger partial charge is 0.242 e. The predicted octanol–water partition coefficient (Wildman–Crippen LogP) is 4.18. The van der Waals surface area contributed by atoms with Gasteiger partial charge in [0, 0.05) is 19.0 Å². The molecule has 0 aliphatic rings. The van der Waals surface area contributed by atoms with Crippen LogP contribution in [-0.4, -0.2) is 35.4 Å². The fourth-order valence-corrected chi connectivity index (χ4v) is 2.90. The molecule has 0 fully saturated rings. The largest absolute Gasteiger partial charge is 0.494 e. The van der Waals surface area contributed by atoms with Gasteiger partial charge in [0.15, 0.2) is 0 Å². The fourth-order valence-electron chi connectivity index (χ4n) is 2.90. The second-order valence-electron chi connectivity index (χ2n) is 7.27. The molecule has 156 valence electrons. The predicted molar refractivity (Wildman–Crippen MR) is 116 cm³/mol. The molecular formula is C24H32N2O3. The monoisotopic (exact) mass is 396 g/mol. The summed E-state index contributed by atoms with van der Waals surface area (Å²) in [6, 6.07) is 18.9. The molecule has 0 saturated carbocycles. The lowest BCUT2D eigenvalue weighted by Gasteiger charge is -2.29. The normalized spacial score (nSPS) is 12.7. The number of rotatable bonds is 11. The van der Waals surface area contributed by atoms with Crippen molar-refractivity contribution in [3.8, 4) is 5.75 Å². The fraction of sp³-hybridized carbons (Fsp3) is 0.417. The quantitative estimate of drug-likeness (QED) is 0.580. The van der Waals surface area contributed by atoms with E-state index in [-0.39, 0.29) is 17.9 Å². The molecule has 2 aromatic rings. The van der Waals surface area contributed by atoms with E-state index in [1.807, 2.05) is 74.5 Å². The molecule has 5 nitrogen and oxygen atoms in total. The van der Waals surface area contributed by atoms with Crippen molar-refractivity contribution >= 4 is 11.8 Å². The second-order valence-corrected chi connectivity index (χ2v) is 7.27. The van der Waals surface area contributed by atoms with E-state index < -0.39 is 6.04 Å². The molecule has 0 bridgehead atoms. The van der Waals surface area contributed by atoms with Gasteiger partial charge in [-0.2, -0.15) is 0 Å².